The van der Waals surface area contributed by atoms with E-state index < -0.39 is 5.97 Å². The molecule has 3 N–H and O–H groups in total. The van der Waals surface area contributed by atoms with Gasteiger partial charge in [-0.3, -0.25) is 19.1 Å². The van der Waals surface area contributed by atoms with E-state index in [1.807, 2.05) is 0 Å². The quantitative estimate of drug-likeness (QED) is 0.639. The van der Waals surface area contributed by atoms with Crippen molar-refractivity contribution in [1.29, 1.82) is 0 Å². The number of carboxylic acids is 1. The van der Waals surface area contributed by atoms with Gasteiger partial charge >= 0.3 is 5.97 Å². The van der Waals surface area contributed by atoms with Crippen LogP contribution in [0.25, 0.3) is 0 Å². The lowest BCUT2D eigenvalue weighted by molar-refractivity contribution is -0.137. The Morgan fingerprint density at radius 3 is 3.00 bits per heavy atom. The van der Waals surface area contributed by atoms with Gasteiger partial charge in [-0.05, 0) is 0 Å². The Labute approximate surface area is 102 Å². The van der Waals surface area contributed by atoms with E-state index in [1.165, 1.54) is 17.1 Å². The highest BCUT2D eigenvalue weighted by Crippen LogP contribution is 2.13. The second-order valence-electron chi connectivity index (χ2n) is 4.01. The van der Waals surface area contributed by atoms with Crippen LogP contribution in [-0.4, -0.2) is 39.2 Å². The van der Waals surface area contributed by atoms with Gasteiger partial charge in [0.15, 0.2) is 0 Å². The summed E-state index contributed by atoms with van der Waals surface area (Å²) in [5.41, 5.74) is 0.417. The Balaban J connectivity index is 1.93. The summed E-state index contributed by atoms with van der Waals surface area (Å²) < 4.78 is 1.20. The molecule has 1 saturated heterocycles. The molecule has 1 unspecified atom stereocenters. The Morgan fingerprint density at radius 1 is 1.61 bits per heavy atom. The Morgan fingerprint density at radius 2 is 2.39 bits per heavy atom. The third kappa shape index (κ3) is 2.84. The monoisotopic (exact) mass is 252 g/mol. The van der Waals surface area contributed by atoms with Gasteiger partial charge in [-0.15, -0.1) is 0 Å². The third-order valence-electron chi connectivity index (χ3n) is 2.55. The zero-order valence-corrected chi connectivity index (χ0v) is 9.42. The van der Waals surface area contributed by atoms with E-state index in [0.717, 1.165) is 0 Å². The molecule has 2 rings (SSSR count). The molecule has 2 heterocycles. The molecule has 0 aliphatic carbocycles. The van der Waals surface area contributed by atoms with Crippen LogP contribution < -0.4 is 10.6 Å². The van der Waals surface area contributed by atoms with Crippen LogP contribution in [0, 0.1) is 5.92 Å². The van der Waals surface area contributed by atoms with Crippen molar-refractivity contribution in [1.82, 2.24) is 15.1 Å². The predicted molar refractivity (Wildman–Crippen MR) is 59.6 cm³/mol. The van der Waals surface area contributed by atoms with Crippen LogP contribution in [0.3, 0.4) is 0 Å². The highest BCUT2D eigenvalue weighted by molar-refractivity contribution is 5.97. The number of carboxylic acid groups (broad SMARTS) is 1. The van der Waals surface area contributed by atoms with E-state index in [4.69, 9.17) is 5.11 Å². The molecule has 1 aromatic rings. The van der Waals surface area contributed by atoms with Gasteiger partial charge in [0, 0.05) is 19.2 Å². The van der Waals surface area contributed by atoms with E-state index in [9.17, 15) is 14.4 Å². The van der Waals surface area contributed by atoms with Gasteiger partial charge < -0.3 is 15.7 Å². The van der Waals surface area contributed by atoms with Gasteiger partial charge in [0.05, 0.1) is 17.8 Å². The van der Waals surface area contributed by atoms with E-state index in [2.05, 4.69) is 15.7 Å². The summed E-state index contributed by atoms with van der Waals surface area (Å²) in [5.74, 6) is -1.82. The van der Waals surface area contributed by atoms with Crippen molar-refractivity contribution in [3.05, 3.63) is 12.4 Å². The van der Waals surface area contributed by atoms with Gasteiger partial charge in [0.2, 0.25) is 11.8 Å². The lowest BCUT2D eigenvalue weighted by Crippen LogP contribution is -2.24. The molecule has 0 saturated carbocycles. The van der Waals surface area contributed by atoms with E-state index in [0.29, 0.717) is 12.2 Å². The number of nitrogens with zero attached hydrogens (tertiary/aromatic N) is 2. The minimum absolute atomic E-state index is 0.142. The second-order valence-corrected chi connectivity index (χ2v) is 4.01. The number of hydrogen-bond acceptors (Lipinski definition) is 4. The number of carbonyl (C=O) groups excluding carboxylic acids is 2. The lowest BCUT2D eigenvalue weighted by atomic mass is 10.1. The summed E-state index contributed by atoms with van der Waals surface area (Å²) in [6, 6.07) is 0. The Kier molecular flexibility index (Phi) is 3.26. The second kappa shape index (κ2) is 4.86. The van der Waals surface area contributed by atoms with Crippen molar-refractivity contribution in [3.8, 4) is 0 Å². The molecule has 8 nitrogen and oxygen atoms in total. The number of nitrogens with one attached hydrogen (secondary N) is 2. The number of aliphatic carboxylic acids is 1. The molecule has 1 atom stereocenters. The van der Waals surface area contributed by atoms with Crippen LogP contribution in [-0.2, 0) is 20.9 Å². The Hall–Kier alpha value is -2.38. The first-order chi connectivity index (χ1) is 8.54. The van der Waals surface area contributed by atoms with E-state index in [1.54, 1.807) is 0 Å². The maximum atomic E-state index is 11.7. The van der Waals surface area contributed by atoms with Crippen molar-refractivity contribution in [2.45, 2.75) is 13.0 Å². The van der Waals surface area contributed by atoms with Crippen LogP contribution in [0.15, 0.2) is 12.4 Å². The molecule has 1 aliphatic rings. The minimum Gasteiger partial charge on any atom is -0.480 e. The Bertz CT molecular complexity index is 496. The SMILES string of the molecule is O=C(O)Cn1cc(NC(=O)C2CNC(=O)C2)cn1. The largest absolute Gasteiger partial charge is 0.480 e. The summed E-state index contributed by atoms with van der Waals surface area (Å²) in [4.78, 5) is 33.1. The first kappa shape index (κ1) is 12.1. The summed E-state index contributed by atoms with van der Waals surface area (Å²) in [6.45, 7) is 0.0628. The molecular formula is C10H12N4O4. The average molecular weight is 252 g/mol. The molecule has 0 bridgehead atoms. The summed E-state index contributed by atoms with van der Waals surface area (Å²) in [7, 11) is 0. The fourth-order valence-electron chi connectivity index (χ4n) is 1.69. The zero-order chi connectivity index (χ0) is 13.1. The highest BCUT2D eigenvalue weighted by atomic mass is 16.4. The van der Waals surface area contributed by atoms with Crippen molar-refractivity contribution < 1.29 is 19.5 Å². The first-order valence-corrected chi connectivity index (χ1v) is 5.36. The summed E-state index contributed by atoms with van der Waals surface area (Å²) in [5, 5.41) is 17.5. The van der Waals surface area contributed by atoms with Gasteiger partial charge in [-0.2, -0.15) is 5.10 Å². The fraction of sp³-hybridized carbons (Fsp3) is 0.400. The molecule has 8 heteroatoms. The van der Waals surface area contributed by atoms with Crippen molar-refractivity contribution in [2.75, 3.05) is 11.9 Å². The molecule has 18 heavy (non-hydrogen) atoms. The van der Waals surface area contributed by atoms with Crippen LogP contribution in [0.1, 0.15) is 6.42 Å². The summed E-state index contributed by atoms with van der Waals surface area (Å²) >= 11 is 0. The van der Waals surface area contributed by atoms with Gasteiger partial charge in [-0.25, -0.2) is 0 Å². The average Bonchev–Trinajstić information content (AvgIpc) is 2.87. The van der Waals surface area contributed by atoms with Gasteiger partial charge in [-0.1, -0.05) is 0 Å². The van der Waals surface area contributed by atoms with Gasteiger partial charge in [0.1, 0.15) is 6.54 Å². The first-order valence-electron chi connectivity index (χ1n) is 5.36. The minimum atomic E-state index is -1.01. The third-order valence-corrected chi connectivity index (χ3v) is 2.55. The standard InChI is InChI=1S/C10H12N4O4/c15-8-1-6(2-11-8)10(18)13-7-3-12-14(4-7)5-9(16)17/h3-4,6H,1-2,5H2,(H,11,15)(H,13,18)(H,16,17). The molecule has 1 aromatic heterocycles. The number of carbonyl (C=O) groups is 3. The number of anilines is 1. The summed E-state index contributed by atoms with van der Waals surface area (Å²) in [6.07, 6.45) is 2.97. The molecule has 2 amide bonds. The number of amides is 2. The van der Waals surface area contributed by atoms with Gasteiger partial charge in [0.25, 0.3) is 0 Å². The van der Waals surface area contributed by atoms with Crippen molar-refractivity contribution in [2.24, 2.45) is 5.92 Å². The maximum absolute atomic E-state index is 11.7. The molecule has 0 radical (unpaired) electrons. The number of rotatable bonds is 4. The normalized spacial score (nSPS) is 18.4. The zero-order valence-electron chi connectivity index (χ0n) is 9.42. The number of hydrogen-bond donors (Lipinski definition) is 3. The molecule has 1 aliphatic heterocycles. The molecule has 0 spiro atoms. The molecular weight excluding hydrogens is 240 g/mol. The maximum Gasteiger partial charge on any atom is 0.325 e. The van der Waals surface area contributed by atoms with Crippen molar-refractivity contribution >= 4 is 23.5 Å². The van der Waals surface area contributed by atoms with E-state index in [-0.39, 0.29) is 30.7 Å². The number of aromatic nitrogens is 2. The fourth-order valence-corrected chi connectivity index (χ4v) is 1.69. The lowest BCUT2D eigenvalue weighted by Gasteiger charge is -2.06. The van der Waals surface area contributed by atoms with Crippen LogP contribution in [0.5, 0.6) is 0 Å². The van der Waals surface area contributed by atoms with Crippen LogP contribution >= 0.6 is 0 Å². The molecule has 1 fully saturated rings. The smallest absolute Gasteiger partial charge is 0.325 e. The van der Waals surface area contributed by atoms with Crippen LogP contribution in [0.4, 0.5) is 5.69 Å². The molecule has 0 aromatic carbocycles. The highest BCUT2D eigenvalue weighted by Gasteiger charge is 2.28. The van der Waals surface area contributed by atoms with E-state index >= 15 is 0 Å². The topological polar surface area (TPSA) is 113 Å². The van der Waals surface area contributed by atoms with Crippen molar-refractivity contribution in [3.63, 3.8) is 0 Å². The van der Waals surface area contributed by atoms with Crippen LogP contribution in [0.2, 0.25) is 0 Å². The predicted octanol–water partition coefficient (Wildman–Crippen LogP) is -0.958. The molecule has 96 valence electrons.